The third-order valence-electron chi connectivity index (χ3n) is 6.30. The van der Waals surface area contributed by atoms with E-state index in [2.05, 4.69) is 45.9 Å². The molecule has 0 saturated carbocycles. The van der Waals surface area contributed by atoms with E-state index in [1.54, 1.807) is 11.7 Å². The number of nitro groups is 1. The van der Waals surface area contributed by atoms with Gasteiger partial charge in [-0.25, -0.2) is 9.24 Å². The molecule has 0 radical (unpaired) electrons. The van der Waals surface area contributed by atoms with Crippen LogP contribution in [0.15, 0.2) is 63.1 Å². The number of nitrogens with zero attached hydrogens (tertiary/aromatic N) is 2. The summed E-state index contributed by atoms with van der Waals surface area (Å²) in [5.41, 5.74) is 5.33. The van der Waals surface area contributed by atoms with E-state index < -0.39 is 18.6 Å². The molecule has 8 nitrogen and oxygen atoms in total. The molecule has 1 unspecified atom stereocenters. The third-order valence-corrected chi connectivity index (χ3v) is 8.54. The van der Waals surface area contributed by atoms with Crippen molar-refractivity contribution in [1.29, 1.82) is 0 Å². The first kappa shape index (κ1) is 36.1. The number of rotatable bonds is 21. The lowest BCUT2D eigenvalue weighted by Crippen LogP contribution is -2.20. The molecule has 0 aliphatic carbocycles. The van der Waals surface area contributed by atoms with Crippen LogP contribution in [0.25, 0.3) is 0 Å². The number of furan rings is 1. The van der Waals surface area contributed by atoms with Gasteiger partial charge in [0.2, 0.25) is 0 Å². The Kier molecular flexibility index (Phi) is 18.0. The monoisotopic (exact) mass is 598 g/mol. The SMILES string of the molecule is CC(C)=CCC/C(C)=C/CC/C(C)=C/CC/C(C)=C\COP(=O)(OCc1ccc([N+](=O)[O-])o1)N(C)CCCCCl. The van der Waals surface area contributed by atoms with Crippen LogP contribution >= 0.6 is 19.3 Å². The maximum Gasteiger partial charge on any atom is 0.433 e. The maximum atomic E-state index is 13.6. The zero-order valence-corrected chi connectivity index (χ0v) is 26.8. The molecule has 0 fully saturated rings. The van der Waals surface area contributed by atoms with Gasteiger partial charge in [0, 0.05) is 12.4 Å². The summed E-state index contributed by atoms with van der Waals surface area (Å²) in [6.07, 6.45) is 16.5. The highest BCUT2D eigenvalue weighted by atomic mass is 35.5. The Morgan fingerprint density at radius 1 is 0.950 bits per heavy atom. The van der Waals surface area contributed by atoms with Crippen molar-refractivity contribution >= 4 is 25.2 Å². The number of halogens is 1. The summed E-state index contributed by atoms with van der Waals surface area (Å²) >= 11 is 5.78. The van der Waals surface area contributed by atoms with Gasteiger partial charge in [0.05, 0.1) is 12.7 Å². The van der Waals surface area contributed by atoms with E-state index in [1.807, 2.05) is 13.0 Å². The zero-order valence-electron chi connectivity index (χ0n) is 25.1. The van der Waals surface area contributed by atoms with Crippen LogP contribution in [-0.2, 0) is 20.2 Å². The first-order valence-electron chi connectivity index (χ1n) is 14.0. The van der Waals surface area contributed by atoms with Crippen LogP contribution in [0, 0.1) is 10.1 Å². The van der Waals surface area contributed by atoms with Crippen LogP contribution in [0.1, 0.15) is 91.7 Å². The summed E-state index contributed by atoms with van der Waals surface area (Å²) in [4.78, 5) is 10.2. The third kappa shape index (κ3) is 15.7. The van der Waals surface area contributed by atoms with E-state index in [4.69, 9.17) is 25.1 Å². The van der Waals surface area contributed by atoms with Crippen molar-refractivity contribution < 1.29 is 23.0 Å². The van der Waals surface area contributed by atoms with Gasteiger partial charge >= 0.3 is 13.6 Å². The molecular formula is C30H48ClN2O6P. The largest absolute Gasteiger partial charge is 0.433 e. The molecule has 0 aliphatic rings. The molecule has 40 heavy (non-hydrogen) atoms. The molecule has 1 aromatic heterocycles. The minimum absolute atomic E-state index is 0.126. The predicted molar refractivity (Wildman–Crippen MR) is 165 cm³/mol. The van der Waals surface area contributed by atoms with E-state index in [0.29, 0.717) is 12.4 Å². The summed E-state index contributed by atoms with van der Waals surface area (Å²) < 4.78 is 31.6. The average molecular weight is 599 g/mol. The van der Waals surface area contributed by atoms with E-state index in [9.17, 15) is 14.7 Å². The molecule has 0 bridgehead atoms. The smallest absolute Gasteiger partial charge is 0.403 e. The number of hydrogen-bond acceptors (Lipinski definition) is 6. The van der Waals surface area contributed by atoms with Crippen molar-refractivity contribution in [3.63, 3.8) is 0 Å². The first-order chi connectivity index (χ1) is 19.0. The standard InChI is InChI=1S/C30H48ClN2O6P/c1-25(2)12-9-13-26(3)14-10-15-27(4)16-11-17-28(5)20-23-37-40(36,32(6)22-8-7-21-31)38-24-29-18-19-30(39-29)33(34)35/h12,14,16,18-20H,7-11,13,15,17,21-24H2,1-6H3/b26-14+,27-16+,28-20-. The second-order valence-electron chi connectivity index (χ2n) is 10.4. The Morgan fingerprint density at radius 3 is 2.05 bits per heavy atom. The molecule has 0 spiro atoms. The van der Waals surface area contributed by atoms with E-state index in [-0.39, 0.29) is 19.0 Å². The van der Waals surface area contributed by atoms with Crippen molar-refractivity contribution in [2.45, 2.75) is 92.6 Å². The lowest BCUT2D eigenvalue weighted by atomic mass is 10.0. The van der Waals surface area contributed by atoms with Gasteiger partial charge in [-0.3, -0.25) is 19.2 Å². The fraction of sp³-hybridized carbons (Fsp3) is 0.600. The van der Waals surface area contributed by atoms with Gasteiger partial charge in [-0.05, 0) is 99.1 Å². The lowest BCUT2D eigenvalue weighted by molar-refractivity contribution is -0.402. The quantitative estimate of drug-likeness (QED) is 0.0347. The van der Waals surface area contributed by atoms with Gasteiger partial charge in [-0.2, -0.15) is 0 Å². The summed E-state index contributed by atoms with van der Waals surface area (Å²) in [7, 11) is -2.00. The molecule has 1 heterocycles. The second-order valence-corrected chi connectivity index (χ2v) is 12.9. The van der Waals surface area contributed by atoms with Gasteiger partial charge in [0.1, 0.15) is 17.3 Å². The van der Waals surface area contributed by atoms with Crippen molar-refractivity contribution in [3.8, 4) is 0 Å². The Bertz CT molecular complexity index is 1070. The first-order valence-corrected chi connectivity index (χ1v) is 16.0. The molecular weight excluding hydrogens is 551 g/mol. The molecule has 0 N–H and O–H groups in total. The molecule has 1 rings (SSSR count). The maximum absolute atomic E-state index is 13.6. The van der Waals surface area contributed by atoms with Crippen molar-refractivity contribution in [2.24, 2.45) is 0 Å². The lowest BCUT2D eigenvalue weighted by Gasteiger charge is -2.26. The number of allylic oxidation sites excluding steroid dienone is 7. The highest BCUT2D eigenvalue weighted by Gasteiger charge is 2.31. The van der Waals surface area contributed by atoms with Gasteiger partial charge in [-0.1, -0.05) is 46.6 Å². The predicted octanol–water partition coefficient (Wildman–Crippen LogP) is 9.93. The molecule has 0 saturated heterocycles. The fourth-order valence-electron chi connectivity index (χ4n) is 3.74. The molecule has 0 aliphatic heterocycles. The Morgan fingerprint density at radius 2 is 1.52 bits per heavy atom. The summed E-state index contributed by atoms with van der Waals surface area (Å²) in [6.45, 7) is 11.1. The molecule has 0 amide bonds. The minimum atomic E-state index is -3.67. The van der Waals surface area contributed by atoms with Crippen molar-refractivity contribution in [2.75, 3.05) is 26.1 Å². The van der Waals surface area contributed by atoms with Crippen molar-refractivity contribution in [1.82, 2.24) is 4.67 Å². The van der Waals surface area contributed by atoms with Crippen molar-refractivity contribution in [3.05, 3.63) is 74.6 Å². The van der Waals surface area contributed by atoms with Gasteiger partial charge in [0.15, 0.2) is 0 Å². The molecule has 1 atom stereocenters. The van der Waals surface area contributed by atoms with Crippen LogP contribution in [0.4, 0.5) is 5.88 Å². The van der Waals surface area contributed by atoms with Gasteiger partial charge in [-0.15, -0.1) is 11.6 Å². The van der Waals surface area contributed by atoms with Crippen LogP contribution in [0.2, 0.25) is 0 Å². The molecule has 0 aromatic carbocycles. The summed E-state index contributed by atoms with van der Waals surface area (Å²) in [5, 5.41) is 10.9. The Labute approximate surface area is 245 Å². The number of hydrogen-bond donors (Lipinski definition) is 0. The summed E-state index contributed by atoms with van der Waals surface area (Å²) in [6, 6.07) is 2.67. The van der Waals surface area contributed by atoms with Crippen LogP contribution in [-0.4, -0.2) is 35.7 Å². The topological polar surface area (TPSA) is 95.0 Å². The number of alkyl halides is 1. The second kappa shape index (κ2) is 20.0. The van der Waals surface area contributed by atoms with Gasteiger partial charge in [0.25, 0.3) is 0 Å². The van der Waals surface area contributed by atoms with E-state index in [0.717, 1.165) is 56.9 Å². The van der Waals surface area contributed by atoms with Gasteiger partial charge < -0.3 is 4.42 Å². The average Bonchev–Trinajstić information content (AvgIpc) is 3.37. The number of unbranched alkanes of at least 4 members (excludes halogenated alkanes) is 1. The highest BCUT2D eigenvalue weighted by Crippen LogP contribution is 2.52. The fourth-order valence-corrected chi connectivity index (χ4v) is 5.34. The highest BCUT2D eigenvalue weighted by molar-refractivity contribution is 7.51. The van der Waals surface area contributed by atoms with Crippen LogP contribution < -0.4 is 0 Å². The minimum Gasteiger partial charge on any atom is -0.403 e. The molecule has 10 heteroatoms. The van der Waals surface area contributed by atoms with E-state index in [1.165, 1.54) is 28.9 Å². The summed E-state index contributed by atoms with van der Waals surface area (Å²) in [5.74, 6) is 0.320. The normalized spacial score (nSPS) is 14.4. The molecule has 226 valence electrons. The molecule has 1 aromatic rings. The zero-order chi connectivity index (χ0) is 30.0. The van der Waals surface area contributed by atoms with E-state index >= 15 is 0 Å². The van der Waals surface area contributed by atoms with Crippen LogP contribution in [0.5, 0.6) is 0 Å². The Hall–Kier alpha value is -1.96. The van der Waals surface area contributed by atoms with Crippen LogP contribution in [0.3, 0.4) is 0 Å². The Balaban J connectivity index is 2.59.